The standard InChI is InChI=1S/C21H29N5/c1-14-12-17(21(6,7)8)26(23-14)19-11-9-10-18(22-19)25-15(2)13-16(24-25)20(3,4)5/h9-13H,1-8H3. The van der Waals surface area contributed by atoms with Crippen LogP contribution < -0.4 is 0 Å². The smallest absolute Gasteiger partial charge is 0.156 e. The van der Waals surface area contributed by atoms with Crippen LogP contribution in [-0.2, 0) is 10.8 Å². The molecule has 0 unspecified atom stereocenters. The number of aromatic nitrogens is 5. The second-order valence-electron chi connectivity index (χ2n) is 9.02. The molecular weight excluding hydrogens is 322 g/mol. The average molecular weight is 351 g/mol. The molecule has 0 radical (unpaired) electrons. The number of nitrogens with zero attached hydrogens (tertiary/aromatic N) is 5. The van der Waals surface area contributed by atoms with Gasteiger partial charge in [0.1, 0.15) is 0 Å². The highest BCUT2D eigenvalue weighted by Gasteiger charge is 2.22. The molecule has 0 aliphatic rings. The van der Waals surface area contributed by atoms with Gasteiger partial charge in [0.2, 0.25) is 0 Å². The maximum absolute atomic E-state index is 4.86. The summed E-state index contributed by atoms with van der Waals surface area (Å²) in [7, 11) is 0. The van der Waals surface area contributed by atoms with Crippen LogP contribution in [0, 0.1) is 13.8 Å². The van der Waals surface area contributed by atoms with Gasteiger partial charge in [-0.2, -0.15) is 10.2 Å². The van der Waals surface area contributed by atoms with Crippen LogP contribution in [0.15, 0.2) is 30.3 Å². The Labute approximate surface area is 156 Å². The first-order valence-corrected chi connectivity index (χ1v) is 9.09. The highest BCUT2D eigenvalue weighted by molar-refractivity contribution is 5.36. The van der Waals surface area contributed by atoms with Gasteiger partial charge in [-0.1, -0.05) is 47.6 Å². The van der Waals surface area contributed by atoms with Gasteiger partial charge < -0.3 is 0 Å². The lowest BCUT2D eigenvalue weighted by Gasteiger charge is -2.20. The maximum atomic E-state index is 4.86. The number of hydrogen-bond acceptors (Lipinski definition) is 3. The van der Waals surface area contributed by atoms with Crippen LogP contribution in [0.5, 0.6) is 0 Å². The van der Waals surface area contributed by atoms with E-state index in [-0.39, 0.29) is 10.8 Å². The largest absolute Gasteiger partial charge is 0.219 e. The Balaban J connectivity index is 2.10. The van der Waals surface area contributed by atoms with Gasteiger partial charge in [-0.3, -0.25) is 0 Å². The zero-order chi connectivity index (χ0) is 19.3. The maximum Gasteiger partial charge on any atom is 0.156 e. The molecule has 26 heavy (non-hydrogen) atoms. The quantitative estimate of drug-likeness (QED) is 0.674. The first-order chi connectivity index (χ1) is 12.0. The number of rotatable bonds is 2. The average Bonchev–Trinajstić information content (AvgIpc) is 3.10. The van der Waals surface area contributed by atoms with E-state index in [9.17, 15) is 0 Å². The van der Waals surface area contributed by atoms with Gasteiger partial charge in [-0.25, -0.2) is 14.3 Å². The summed E-state index contributed by atoms with van der Waals surface area (Å²) in [6, 6.07) is 10.3. The van der Waals surface area contributed by atoms with Crippen molar-refractivity contribution >= 4 is 0 Å². The summed E-state index contributed by atoms with van der Waals surface area (Å²) in [5.41, 5.74) is 4.27. The molecule has 0 spiro atoms. The van der Waals surface area contributed by atoms with Gasteiger partial charge in [-0.15, -0.1) is 0 Å². The van der Waals surface area contributed by atoms with Crippen molar-refractivity contribution in [2.45, 2.75) is 66.2 Å². The van der Waals surface area contributed by atoms with Crippen LogP contribution in [0.25, 0.3) is 11.6 Å². The molecule has 138 valence electrons. The molecule has 3 heterocycles. The topological polar surface area (TPSA) is 48.5 Å². The van der Waals surface area contributed by atoms with Crippen molar-refractivity contribution in [3.63, 3.8) is 0 Å². The van der Waals surface area contributed by atoms with Gasteiger partial charge in [0.05, 0.1) is 17.1 Å². The van der Waals surface area contributed by atoms with E-state index in [0.717, 1.165) is 34.4 Å². The highest BCUT2D eigenvalue weighted by atomic mass is 15.4. The summed E-state index contributed by atoms with van der Waals surface area (Å²) in [5.74, 6) is 1.62. The molecule has 5 heteroatoms. The monoisotopic (exact) mass is 351 g/mol. The fourth-order valence-corrected chi connectivity index (χ4v) is 2.93. The molecule has 5 nitrogen and oxygen atoms in total. The minimum atomic E-state index is -0.0139. The molecule has 0 N–H and O–H groups in total. The third kappa shape index (κ3) is 3.43. The normalized spacial score (nSPS) is 12.6. The molecule has 0 saturated carbocycles. The summed E-state index contributed by atoms with van der Waals surface area (Å²) >= 11 is 0. The molecule has 3 aromatic heterocycles. The van der Waals surface area contributed by atoms with Crippen molar-refractivity contribution in [3.05, 3.63) is 53.1 Å². The number of aryl methyl sites for hydroxylation is 2. The zero-order valence-corrected chi connectivity index (χ0v) is 17.1. The predicted molar refractivity (Wildman–Crippen MR) is 105 cm³/mol. The van der Waals surface area contributed by atoms with Crippen LogP contribution in [-0.4, -0.2) is 24.5 Å². The van der Waals surface area contributed by atoms with Crippen LogP contribution in [0.3, 0.4) is 0 Å². The minimum Gasteiger partial charge on any atom is -0.219 e. The zero-order valence-electron chi connectivity index (χ0n) is 17.1. The molecular formula is C21H29N5. The van der Waals surface area contributed by atoms with E-state index in [1.54, 1.807) is 0 Å². The van der Waals surface area contributed by atoms with Crippen molar-refractivity contribution in [1.82, 2.24) is 24.5 Å². The predicted octanol–water partition coefficient (Wildman–Crippen LogP) is 4.66. The van der Waals surface area contributed by atoms with Gasteiger partial charge in [0.15, 0.2) is 11.6 Å². The van der Waals surface area contributed by atoms with Gasteiger partial charge >= 0.3 is 0 Å². The first-order valence-electron chi connectivity index (χ1n) is 9.09. The number of hydrogen-bond donors (Lipinski definition) is 0. The molecule has 0 aliphatic carbocycles. The van der Waals surface area contributed by atoms with E-state index in [2.05, 4.69) is 65.7 Å². The van der Waals surface area contributed by atoms with E-state index in [0.29, 0.717) is 0 Å². The SMILES string of the molecule is Cc1cc(C(C)(C)C)n(-c2cccc(-n3nc(C(C)(C)C)cc3C)n2)n1. The lowest BCUT2D eigenvalue weighted by atomic mass is 9.92. The third-order valence-electron chi connectivity index (χ3n) is 4.41. The lowest BCUT2D eigenvalue weighted by molar-refractivity contribution is 0.540. The molecule has 0 bridgehead atoms. The van der Waals surface area contributed by atoms with E-state index in [1.165, 1.54) is 0 Å². The molecule has 0 amide bonds. The van der Waals surface area contributed by atoms with Crippen LogP contribution in [0.2, 0.25) is 0 Å². The Bertz CT molecular complexity index is 932. The van der Waals surface area contributed by atoms with E-state index in [4.69, 9.17) is 10.1 Å². The second-order valence-corrected chi connectivity index (χ2v) is 9.02. The van der Waals surface area contributed by atoms with Crippen LogP contribution in [0.4, 0.5) is 0 Å². The van der Waals surface area contributed by atoms with Crippen molar-refractivity contribution in [2.75, 3.05) is 0 Å². The fraction of sp³-hybridized carbons (Fsp3) is 0.476. The van der Waals surface area contributed by atoms with Crippen LogP contribution in [0.1, 0.15) is 64.3 Å². The second kappa shape index (κ2) is 6.08. The van der Waals surface area contributed by atoms with E-state index < -0.39 is 0 Å². The molecule has 3 rings (SSSR count). The molecule has 3 aromatic rings. The Morgan fingerprint density at radius 2 is 1.38 bits per heavy atom. The Morgan fingerprint density at radius 3 is 1.92 bits per heavy atom. The van der Waals surface area contributed by atoms with Gasteiger partial charge in [0, 0.05) is 16.5 Å². The highest BCUT2D eigenvalue weighted by Crippen LogP contribution is 2.26. The summed E-state index contributed by atoms with van der Waals surface area (Å²) in [4.78, 5) is 4.86. The summed E-state index contributed by atoms with van der Waals surface area (Å²) in [5, 5.41) is 9.46. The summed E-state index contributed by atoms with van der Waals surface area (Å²) < 4.78 is 3.86. The van der Waals surface area contributed by atoms with Crippen molar-refractivity contribution in [3.8, 4) is 11.6 Å². The van der Waals surface area contributed by atoms with Crippen molar-refractivity contribution in [2.24, 2.45) is 0 Å². The lowest BCUT2D eigenvalue weighted by Crippen LogP contribution is -2.18. The van der Waals surface area contributed by atoms with Crippen molar-refractivity contribution < 1.29 is 0 Å². The molecule has 0 aromatic carbocycles. The Hall–Kier alpha value is -2.43. The molecule has 0 saturated heterocycles. The van der Waals surface area contributed by atoms with Crippen molar-refractivity contribution in [1.29, 1.82) is 0 Å². The molecule has 0 aliphatic heterocycles. The third-order valence-corrected chi connectivity index (χ3v) is 4.41. The van der Waals surface area contributed by atoms with Crippen LogP contribution >= 0.6 is 0 Å². The minimum absolute atomic E-state index is 0.00607. The Kier molecular flexibility index (Phi) is 4.29. The summed E-state index contributed by atoms with van der Waals surface area (Å²) in [6.45, 7) is 17.2. The van der Waals surface area contributed by atoms with E-state index >= 15 is 0 Å². The Morgan fingerprint density at radius 1 is 0.769 bits per heavy atom. The number of pyridine rings is 1. The van der Waals surface area contributed by atoms with Gasteiger partial charge in [0.25, 0.3) is 0 Å². The summed E-state index contributed by atoms with van der Waals surface area (Å²) in [6.07, 6.45) is 0. The molecule has 0 fully saturated rings. The molecule has 0 atom stereocenters. The van der Waals surface area contributed by atoms with E-state index in [1.807, 2.05) is 34.5 Å². The fourth-order valence-electron chi connectivity index (χ4n) is 2.93. The first kappa shape index (κ1) is 18.4. The van der Waals surface area contributed by atoms with Gasteiger partial charge in [-0.05, 0) is 38.1 Å².